The maximum atomic E-state index is 12.7. The van der Waals surface area contributed by atoms with Gasteiger partial charge in [0.25, 0.3) is 11.8 Å². The average Bonchev–Trinajstić information content (AvgIpc) is 3.11. The molecular weight excluding hydrogens is 444 g/mol. The number of carbonyl (C=O) groups is 3. The van der Waals surface area contributed by atoms with Crippen LogP contribution in [0.15, 0.2) is 18.2 Å². The second-order valence-corrected chi connectivity index (χ2v) is 8.49. The fraction of sp³-hybridized carbons (Fsp3) is 0.381. The molecular formula is C21H23ClN2O6S. The van der Waals surface area contributed by atoms with E-state index in [-0.39, 0.29) is 22.2 Å². The molecule has 166 valence electrons. The number of halogens is 1. The van der Waals surface area contributed by atoms with E-state index in [4.69, 9.17) is 21.1 Å². The third-order valence-electron chi connectivity index (χ3n) is 4.76. The lowest BCUT2D eigenvalue weighted by atomic mass is 9.95. The fourth-order valence-corrected chi connectivity index (χ4v) is 4.77. The van der Waals surface area contributed by atoms with Gasteiger partial charge in [0.1, 0.15) is 16.3 Å². The molecule has 0 unspecified atom stereocenters. The van der Waals surface area contributed by atoms with Crippen molar-refractivity contribution in [3.05, 3.63) is 44.8 Å². The van der Waals surface area contributed by atoms with Gasteiger partial charge in [-0.05, 0) is 49.4 Å². The number of nitrogens with one attached hydrogen (secondary N) is 2. The van der Waals surface area contributed by atoms with Crippen LogP contribution >= 0.6 is 22.9 Å². The summed E-state index contributed by atoms with van der Waals surface area (Å²) in [5.74, 6) is -2.03. The summed E-state index contributed by atoms with van der Waals surface area (Å²) < 4.78 is 9.96. The SMILES string of the molecule is COCCNC(=O)c1c(NC(=O)COC(=O)c2cc(Cl)ccc2O)sc2c1CCCC2. The first kappa shape index (κ1) is 23.1. The molecule has 0 aliphatic heterocycles. The normalized spacial score (nSPS) is 12.7. The predicted octanol–water partition coefficient (Wildman–Crippen LogP) is 3.16. The number of rotatable bonds is 8. The highest BCUT2D eigenvalue weighted by molar-refractivity contribution is 7.17. The van der Waals surface area contributed by atoms with Gasteiger partial charge in [0.2, 0.25) is 0 Å². The first-order valence-electron chi connectivity index (χ1n) is 9.78. The first-order valence-corrected chi connectivity index (χ1v) is 11.0. The minimum atomic E-state index is -0.877. The number of hydrogen-bond donors (Lipinski definition) is 3. The van der Waals surface area contributed by atoms with Gasteiger partial charge in [0.15, 0.2) is 6.61 Å². The van der Waals surface area contributed by atoms with E-state index in [9.17, 15) is 19.5 Å². The third-order valence-corrected chi connectivity index (χ3v) is 6.20. The molecule has 0 saturated heterocycles. The Bertz CT molecular complexity index is 990. The molecule has 0 saturated carbocycles. The van der Waals surface area contributed by atoms with Crippen molar-refractivity contribution in [3.63, 3.8) is 0 Å². The predicted molar refractivity (Wildman–Crippen MR) is 117 cm³/mol. The molecule has 1 heterocycles. The summed E-state index contributed by atoms with van der Waals surface area (Å²) in [5.41, 5.74) is 1.29. The number of methoxy groups -OCH3 is 1. The number of aryl methyl sites for hydroxylation is 1. The van der Waals surface area contributed by atoms with Crippen LogP contribution in [0.1, 0.15) is 44.0 Å². The van der Waals surface area contributed by atoms with Gasteiger partial charge in [-0.15, -0.1) is 11.3 Å². The Labute approximate surface area is 188 Å². The minimum Gasteiger partial charge on any atom is -0.507 e. The number of aromatic hydroxyl groups is 1. The zero-order chi connectivity index (χ0) is 22.4. The Kier molecular flexibility index (Phi) is 7.89. The number of benzene rings is 1. The molecule has 0 radical (unpaired) electrons. The van der Waals surface area contributed by atoms with Crippen LogP contribution in [0.5, 0.6) is 5.75 Å². The molecule has 1 aromatic carbocycles. The molecule has 0 fully saturated rings. The van der Waals surface area contributed by atoms with Crippen LogP contribution in [0.3, 0.4) is 0 Å². The molecule has 3 rings (SSSR count). The number of ether oxygens (including phenoxy) is 2. The lowest BCUT2D eigenvalue weighted by Gasteiger charge is -2.13. The Hall–Kier alpha value is -2.62. The van der Waals surface area contributed by atoms with E-state index in [1.165, 1.54) is 29.5 Å². The van der Waals surface area contributed by atoms with Crippen molar-refractivity contribution in [2.24, 2.45) is 0 Å². The Morgan fingerprint density at radius 2 is 2.00 bits per heavy atom. The topological polar surface area (TPSA) is 114 Å². The second kappa shape index (κ2) is 10.6. The van der Waals surface area contributed by atoms with Crippen LogP contribution in [0.2, 0.25) is 5.02 Å². The highest BCUT2D eigenvalue weighted by Crippen LogP contribution is 2.38. The van der Waals surface area contributed by atoms with E-state index in [1.807, 2.05) is 0 Å². The van der Waals surface area contributed by atoms with Gasteiger partial charge in [0, 0.05) is 23.6 Å². The van der Waals surface area contributed by atoms with Gasteiger partial charge in [-0.1, -0.05) is 11.6 Å². The average molecular weight is 467 g/mol. The number of carbonyl (C=O) groups excluding carboxylic acids is 3. The first-order chi connectivity index (χ1) is 14.9. The highest BCUT2D eigenvalue weighted by atomic mass is 35.5. The van der Waals surface area contributed by atoms with Crippen LogP contribution in [-0.4, -0.2) is 49.8 Å². The Balaban J connectivity index is 1.69. The number of amides is 2. The molecule has 10 heteroatoms. The van der Waals surface area contributed by atoms with E-state index in [0.717, 1.165) is 36.1 Å². The van der Waals surface area contributed by atoms with E-state index in [2.05, 4.69) is 10.6 Å². The van der Waals surface area contributed by atoms with Gasteiger partial charge in [-0.2, -0.15) is 0 Å². The summed E-state index contributed by atoms with van der Waals surface area (Å²) in [6.45, 7) is 0.165. The molecule has 1 aromatic heterocycles. The van der Waals surface area contributed by atoms with Gasteiger partial charge in [-0.3, -0.25) is 9.59 Å². The number of anilines is 1. The van der Waals surface area contributed by atoms with Gasteiger partial charge in [0.05, 0.1) is 12.2 Å². The van der Waals surface area contributed by atoms with Crippen molar-refractivity contribution < 1.29 is 29.0 Å². The quantitative estimate of drug-likeness (QED) is 0.406. The maximum absolute atomic E-state index is 12.7. The van der Waals surface area contributed by atoms with E-state index in [0.29, 0.717) is 23.7 Å². The van der Waals surface area contributed by atoms with E-state index in [1.54, 1.807) is 7.11 Å². The lowest BCUT2D eigenvalue weighted by molar-refractivity contribution is -0.119. The van der Waals surface area contributed by atoms with Crippen LogP contribution in [0, 0.1) is 0 Å². The number of thiophene rings is 1. The molecule has 0 bridgehead atoms. The van der Waals surface area contributed by atoms with Crippen molar-refractivity contribution in [2.75, 3.05) is 32.2 Å². The molecule has 1 aliphatic rings. The van der Waals surface area contributed by atoms with Gasteiger partial charge < -0.3 is 25.2 Å². The van der Waals surface area contributed by atoms with Crippen molar-refractivity contribution in [1.29, 1.82) is 0 Å². The fourth-order valence-electron chi connectivity index (χ4n) is 3.29. The van der Waals surface area contributed by atoms with Crippen molar-refractivity contribution in [2.45, 2.75) is 25.7 Å². The molecule has 0 atom stereocenters. The molecule has 31 heavy (non-hydrogen) atoms. The van der Waals surface area contributed by atoms with Crippen LogP contribution in [0.25, 0.3) is 0 Å². The molecule has 2 aromatic rings. The third kappa shape index (κ3) is 5.75. The number of fused-ring (bicyclic) bond motifs is 1. The summed E-state index contributed by atoms with van der Waals surface area (Å²) in [6, 6.07) is 3.95. The smallest absolute Gasteiger partial charge is 0.342 e. The summed E-state index contributed by atoms with van der Waals surface area (Å²) in [4.78, 5) is 38.4. The number of hydrogen-bond acceptors (Lipinski definition) is 7. The maximum Gasteiger partial charge on any atom is 0.342 e. The van der Waals surface area contributed by atoms with Crippen molar-refractivity contribution in [3.8, 4) is 5.75 Å². The summed E-state index contributed by atoms with van der Waals surface area (Å²) in [6.07, 6.45) is 3.65. The standard InChI is InChI=1S/C21H23ClN2O6S/c1-29-9-8-23-19(27)18-13-4-2-3-5-16(13)31-20(18)24-17(26)11-30-21(28)14-10-12(22)6-7-15(14)25/h6-7,10,25H,2-5,8-9,11H2,1H3,(H,23,27)(H,24,26). The van der Waals surface area contributed by atoms with E-state index >= 15 is 0 Å². The molecule has 3 N–H and O–H groups in total. The zero-order valence-electron chi connectivity index (χ0n) is 17.0. The zero-order valence-corrected chi connectivity index (χ0v) is 18.5. The largest absolute Gasteiger partial charge is 0.507 e. The molecule has 0 spiro atoms. The number of phenols is 1. The van der Waals surface area contributed by atoms with Crippen molar-refractivity contribution >= 4 is 45.7 Å². The van der Waals surface area contributed by atoms with Crippen LogP contribution in [-0.2, 0) is 27.1 Å². The van der Waals surface area contributed by atoms with Crippen molar-refractivity contribution in [1.82, 2.24) is 5.32 Å². The van der Waals surface area contributed by atoms with Gasteiger partial charge >= 0.3 is 5.97 Å². The summed E-state index contributed by atoms with van der Waals surface area (Å²) >= 11 is 7.20. The highest BCUT2D eigenvalue weighted by Gasteiger charge is 2.26. The Morgan fingerprint density at radius 3 is 2.77 bits per heavy atom. The Morgan fingerprint density at radius 1 is 1.23 bits per heavy atom. The van der Waals surface area contributed by atoms with Crippen LogP contribution in [0.4, 0.5) is 5.00 Å². The minimum absolute atomic E-state index is 0.134. The molecule has 2 amide bonds. The molecule has 1 aliphatic carbocycles. The summed E-state index contributed by atoms with van der Waals surface area (Å²) in [7, 11) is 1.55. The molecule has 8 nitrogen and oxygen atoms in total. The van der Waals surface area contributed by atoms with Gasteiger partial charge in [-0.25, -0.2) is 4.79 Å². The monoisotopic (exact) mass is 466 g/mol. The van der Waals surface area contributed by atoms with Crippen LogP contribution < -0.4 is 10.6 Å². The lowest BCUT2D eigenvalue weighted by Crippen LogP contribution is -2.29. The number of phenolic OH excluding ortho intramolecular Hbond substituents is 1. The second-order valence-electron chi connectivity index (χ2n) is 6.95. The van der Waals surface area contributed by atoms with E-state index < -0.39 is 18.5 Å². The summed E-state index contributed by atoms with van der Waals surface area (Å²) in [5, 5.41) is 16.0. The number of esters is 1.